The van der Waals surface area contributed by atoms with Gasteiger partial charge in [-0.2, -0.15) is 13.2 Å². The van der Waals surface area contributed by atoms with Crippen molar-refractivity contribution in [2.75, 3.05) is 44.3 Å². The second kappa shape index (κ2) is 8.85. The maximum absolute atomic E-state index is 13.2. The lowest BCUT2D eigenvalue weighted by molar-refractivity contribution is -0.141. The van der Waals surface area contributed by atoms with E-state index in [-0.39, 0.29) is 11.4 Å². The number of hydrogen-bond donors (Lipinski definition) is 1. The van der Waals surface area contributed by atoms with E-state index >= 15 is 0 Å². The summed E-state index contributed by atoms with van der Waals surface area (Å²) in [5, 5.41) is 0.432. The highest BCUT2D eigenvalue weighted by molar-refractivity contribution is 8.04. The Balaban J connectivity index is 1.74. The van der Waals surface area contributed by atoms with Crippen LogP contribution in [-0.2, 0) is 15.7 Å². The number of rotatable bonds is 5. The molecule has 0 unspecified atom stereocenters. The van der Waals surface area contributed by atoms with Crippen LogP contribution < -0.4 is 10.6 Å². The molecule has 1 aromatic carbocycles. The van der Waals surface area contributed by atoms with Gasteiger partial charge in [0.2, 0.25) is 0 Å². The Hall–Kier alpha value is -2.63. The molecule has 0 radical (unpaired) electrons. The van der Waals surface area contributed by atoms with Crippen molar-refractivity contribution < 1.29 is 22.7 Å². The maximum Gasteiger partial charge on any atom is 0.433 e. The number of morpholine rings is 1. The van der Waals surface area contributed by atoms with E-state index in [1.807, 2.05) is 29.2 Å². The van der Waals surface area contributed by atoms with Crippen LogP contribution in [0.1, 0.15) is 11.5 Å². The minimum atomic E-state index is -4.66. The van der Waals surface area contributed by atoms with Gasteiger partial charge in [-0.3, -0.25) is 9.69 Å². The molecule has 31 heavy (non-hydrogen) atoms. The fourth-order valence-electron chi connectivity index (χ4n) is 3.46. The van der Waals surface area contributed by atoms with E-state index in [2.05, 4.69) is 14.9 Å². The van der Waals surface area contributed by atoms with Crippen molar-refractivity contribution in [3.05, 3.63) is 53.1 Å². The summed E-state index contributed by atoms with van der Waals surface area (Å²) in [6.07, 6.45) is -3.67. The average Bonchev–Trinajstić information content (AvgIpc) is 3.10. The number of halogens is 3. The molecule has 0 spiro atoms. The third-order valence-electron chi connectivity index (χ3n) is 4.98. The van der Waals surface area contributed by atoms with E-state index in [9.17, 15) is 18.0 Å². The predicted octanol–water partition coefficient (Wildman–Crippen LogP) is 2.59. The molecule has 2 aliphatic rings. The topological polar surface area (TPSA) is 84.6 Å². The number of aromatic nitrogens is 2. The second-order valence-electron chi connectivity index (χ2n) is 6.98. The zero-order valence-electron chi connectivity index (χ0n) is 16.4. The smallest absolute Gasteiger partial charge is 0.379 e. The molecule has 2 aliphatic heterocycles. The van der Waals surface area contributed by atoms with E-state index < -0.39 is 17.8 Å². The van der Waals surface area contributed by atoms with Gasteiger partial charge in [0, 0.05) is 37.3 Å². The largest absolute Gasteiger partial charge is 0.433 e. The highest BCUT2D eigenvalue weighted by atomic mass is 32.2. The summed E-state index contributed by atoms with van der Waals surface area (Å²) in [6.45, 7) is 4.10. The SMILES string of the molecule is NC(=O)C(=C1Sc2ccccc2N1CCN1CCOCC1)c1nccc(C(F)(F)F)n1. The number of carbonyl (C=O) groups is 1. The van der Waals surface area contributed by atoms with Crippen LogP contribution >= 0.6 is 11.8 Å². The highest BCUT2D eigenvalue weighted by Gasteiger charge is 2.35. The summed E-state index contributed by atoms with van der Waals surface area (Å²) in [5.41, 5.74) is 5.22. The first kappa shape index (κ1) is 21.6. The number of fused-ring (bicyclic) bond motifs is 1. The molecule has 2 N–H and O–H groups in total. The number of amides is 1. The van der Waals surface area contributed by atoms with Crippen LogP contribution in [0.5, 0.6) is 0 Å². The Bertz CT molecular complexity index is 1010. The molecule has 1 fully saturated rings. The Morgan fingerprint density at radius 2 is 1.90 bits per heavy atom. The van der Waals surface area contributed by atoms with Gasteiger partial charge in [0.25, 0.3) is 5.91 Å². The van der Waals surface area contributed by atoms with Crippen LogP contribution in [0.3, 0.4) is 0 Å². The Morgan fingerprint density at radius 3 is 2.61 bits per heavy atom. The molecule has 1 aromatic heterocycles. The standard InChI is InChI=1S/C20H20F3N5O2S/c21-20(22,23)15-5-6-25-18(26-15)16(17(24)29)19-28(8-7-27-9-11-30-12-10-27)13-3-1-2-4-14(13)31-19/h1-6H,7-12H2,(H2,24,29). The number of carbonyl (C=O) groups excluding carboxylic acids is 1. The summed E-state index contributed by atoms with van der Waals surface area (Å²) >= 11 is 1.28. The van der Waals surface area contributed by atoms with Gasteiger partial charge in [-0.1, -0.05) is 23.9 Å². The van der Waals surface area contributed by atoms with Crippen LogP contribution in [0.4, 0.5) is 18.9 Å². The van der Waals surface area contributed by atoms with Gasteiger partial charge in [0.1, 0.15) is 11.3 Å². The number of nitrogens with zero attached hydrogens (tertiary/aromatic N) is 4. The first-order chi connectivity index (χ1) is 14.8. The Kier molecular flexibility index (Phi) is 6.17. The van der Waals surface area contributed by atoms with Gasteiger partial charge in [-0.15, -0.1) is 0 Å². The summed E-state index contributed by atoms with van der Waals surface area (Å²) in [5.74, 6) is -1.22. The quantitative estimate of drug-likeness (QED) is 0.700. The van der Waals surface area contributed by atoms with Gasteiger partial charge in [-0.25, -0.2) is 9.97 Å². The molecule has 0 aliphatic carbocycles. The zero-order chi connectivity index (χ0) is 22.0. The molecule has 3 heterocycles. The number of ether oxygens (including phenoxy) is 1. The third-order valence-corrected chi connectivity index (χ3v) is 6.16. The fourth-order valence-corrected chi connectivity index (χ4v) is 4.69. The maximum atomic E-state index is 13.2. The molecule has 4 rings (SSSR count). The number of anilines is 1. The lowest BCUT2D eigenvalue weighted by Crippen LogP contribution is -2.41. The van der Waals surface area contributed by atoms with E-state index in [0.29, 0.717) is 31.3 Å². The molecule has 164 valence electrons. The van der Waals surface area contributed by atoms with Crippen LogP contribution in [0.25, 0.3) is 5.57 Å². The van der Waals surface area contributed by atoms with Crippen LogP contribution in [0.2, 0.25) is 0 Å². The van der Waals surface area contributed by atoms with E-state index in [1.165, 1.54) is 11.8 Å². The number of benzene rings is 1. The Labute approximate surface area is 181 Å². The summed E-state index contributed by atoms with van der Waals surface area (Å²) in [7, 11) is 0. The molecular formula is C20H20F3N5O2S. The average molecular weight is 451 g/mol. The van der Waals surface area contributed by atoms with Gasteiger partial charge >= 0.3 is 6.18 Å². The molecular weight excluding hydrogens is 431 g/mol. The molecule has 11 heteroatoms. The highest BCUT2D eigenvalue weighted by Crippen LogP contribution is 2.48. The van der Waals surface area contributed by atoms with Crippen molar-refractivity contribution >= 4 is 28.9 Å². The normalized spacial score (nSPS) is 18.7. The number of thioether (sulfide) groups is 1. The van der Waals surface area contributed by atoms with E-state index in [4.69, 9.17) is 10.5 Å². The zero-order valence-corrected chi connectivity index (χ0v) is 17.2. The molecule has 1 amide bonds. The van der Waals surface area contributed by atoms with E-state index in [0.717, 1.165) is 35.9 Å². The van der Waals surface area contributed by atoms with Crippen molar-refractivity contribution in [3.8, 4) is 0 Å². The monoisotopic (exact) mass is 451 g/mol. The molecule has 0 bridgehead atoms. The van der Waals surface area contributed by atoms with Gasteiger partial charge in [-0.05, 0) is 18.2 Å². The van der Waals surface area contributed by atoms with Crippen molar-refractivity contribution in [2.45, 2.75) is 11.1 Å². The number of hydrogen-bond acceptors (Lipinski definition) is 7. The van der Waals surface area contributed by atoms with Crippen LogP contribution in [0.15, 0.2) is 46.5 Å². The van der Waals surface area contributed by atoms with Gasteiger partial charge < -0.3 is 15.4 Å². The predicted molar refractivity (Wildman–Crippen MR) is 110 cm³/mol. The number of nitrogens with two attached hydrogens (primary N) is 1. The molecule has 7 nitrogen and oxygen atoms in total. The molecule has 0 atom stereocenters. The summed E-state index contributed by atoms with van der Waals surface area (Å²) in [6, 6.07) is 8.29. The van der Waals surface area contributed by atoms with Crippen molar-refractivity contribution in [2.24, 2.45) is 5.73 Å². The minimum absolute atomic E-state index is 0.130. The first-order valence-electron chi connectivity index (χ1n) is 9.64. The molecule has 2 aromatic rings. The number of alkyl halides is 3. The molecule has 0 saturated carbocycles. The van der Waals surface area contributed by atoms with Crippen LogP contribution in [-0.4, -0.2) is 60.2 Å². The first-order valence-corrected chi connectivity index (χ1v) is 10.5. The third kappa shape index (κ3) is 4.68. The fraction of sp³-hybridized carbons (Fsp3) is 0.350. The summed E-state index contributed by atoms with van der Waals surface area (Å²) < 4.78 is 44.9. The van der Waals surface area contributed by atoms with Gasteiger partial charge in [0.05, 0.1) is 23.9 Å². The lowest BCUT2D eigenvalue weighted by Gasteiger charge is -2.30. The number of para-hydroxylation sites is 1. The number of primary amides is 1. The van der Waals surface area contributed by atoms with Crippen molar-refractivity contribution in [1.82, 2.24) is 14.9 Å². The molecule has 1 saturated heterocycles. The van der Waals surface area contributed by atoms with Gasteiger partial charge in [0.15, 0.2) is 5.82 Å². The van der Waals surface area contributed by atoms with Crippen molar-refractivity contribution in [3.63, 3.8) is 0 Å². The minimum Gasteiger partial charge on any atom is -0.379 e. The van der Waals surface area contributed by atoms with E-state index in [1.54, 1.807) is 0 Å². The lowest BCUT2D eigenvalue weighted by atomic mass is 10.2. The summed E-state index contributed by atoms with van der Waals surface area (Å²) in [4.78, 5) is 24.9. The Morgan fingerprint density at radius 1 is 1.16 bits per heavy atom. The van der Waals surface area contributed by atoms with Crippen LogP contribution in [0, 0.1) is 0 Å². The second-order valence-corrected chi connectivity index (χ2v) is 8.01. The van der Waals surface area contributed by atoms with Crippen molar-refractivity contribution in [1.29, 1.82) is 0 Å².